The van der Waals surface area contributed by atoms with Gasteiger partial charge in [0.25, 0.3) is 5.91 Å². The third-order valence-corrected chi connectivity index (χ3v) is 5.44. The van der Waals surface area contributed by atoms with Gasteiger partial charge in [-0.3, -0.25) is 9.36 Å². The number of rotatable bonds is 3. The quantitative estimate of drug-likeness (QED) is 0.775. The van der Waals surface area contributed by atoms with Crippen molar-refractivity contribution in [2.45, 2.75) is 33.1 Å². The van der Waals surface area contributed by atoms with Crippen LogP contribution in [0.4, 0.5) is 5.82 Å². The monoisotopic (exact) mass is 363 g/mol. The lowest BCUT2D eigenvalue weighted by Crippen LogP contribution is -2.31. The number of amides is 1. The Hall–Kier alpha value is -2.89. The lowest BCUT2D eigenvalue weighted by atomic mass is 10.1. The highest BCUT2D eigenvalue weighted by atomic mass is 16.2. The second kappa shape index (κ2) is 7.02. The van der Waals surface area contributed by atoms with Crippen molar-refractivity contribution in [3.05, 3.63) is 47.4 Å². The van der Waals surface area contributed by atoms with Crippen molar-refractivity contribution >= 4 is 22.8 Å². The zero-order valence-corrected chi connectivity index (χ0v) is 16.1. The number of carbonyl (C=O) groups is 1. The second-order valence-corrected chi connectivity index (χ2v) is 7.08. The fraction of sp³-hybridized carbons (Fsp3) is 0.381. The van der Waals surface area contributed by atoms with Gasteiger partial charge in [-0.1, -0.05) is 18.2 Å². The maximum atomic E-state index is 12.4. The van der Waals surface area contributed by atoms with Crippen molar-refractivity contribution in [1.29, 1.82) is 0 Å². The first-order valence-corrected chi connectivity index (χ1v) is 9.54. The van der Waals surface area contributed by atoms with E-state index in [0.717, 1.165) is 59.7 Å². The van der Waals surface area contributed by atoms with Crippen molar-refractivity contribution in [3.63, 3.8) is 0 Å². The van der Waals surface area contributed by atoms with Gasteiger partial charge in [-0.25, -0.2) is 9.97 Å². The number of aryl methyl sites for hydroxylation is 1. The molecule has 3 heterocycles. The van der Waals surface area contributed by atoms with E-state index in [-0.39, 0.29) is 11.7 Å². The first kappa shape index (κ1) is 17.5. The first-order chi connectivity index (χ1) is 13.1. The third kappa shape index (κ3) is 2.95. The van der Waals surface area contributed by atoms with Crippen LogP contribution in [0, 0.1) is 13.8 Å². The highest BCUT2D eigenvalue weighted by Gasteiger charge is 2.25. The van der Waals surface area contributed by atoms with E-state index in [2.05, 4.69) is 45.7 Å². The van der Waals surface area contributed by atoms with Crippen LogP contribution < -0.4 is 10.2 Å². The number of nitrogens with one attached hydrogen (secondary N) is 1. The van der Waals surface area contributed by atoms with Crippen LogP contribution in [-0.4, -0.2) is 40.6 Å². The average Bonchev–Trinajstić information content (AvgIpc) is 2.98. The Bertz CT molecular complexity index is 987. The molecule has 1 amide bonds. The largest absolute Gasteiger partial charge is 0.356 e. The summed E-state index contributed by atoms with van der Waals surface area (Å²) in [6.45, 7) is 6.15. The molecule has 3 aromatic rings. The van der Waals surface area contributed by atoms with E-state index in [9.17, 15) is 4.79 Å². The molecule has 0 unspecified atom stereocenters. The molecular weight excluding hydrogens is 338 g/mol. The van der Waals surface area contributed by atoms with Crippen molar-refractivity contribution in [2.75, 3.05) is 25.0 Å². The summed E-state index contributed by atoms with van der Waals surface area (Å²) < 4.78 is 2.13. The standard InChI is InChI=1S/C21H25N5O/c1-14-15(2)26(16-10-6-4-7-11-16)20-17(14)19(25-12-8-5-9-13-25)23-18(24-20)21(27)22-3/h4,6-7,10-11H,5,8-9,12-13H2,1-3H3,(H,22,27). The number of para-hydroxylation sites is 1. The molecule has 0 bridgehead atoms. The van der Waals surface area contributed by atoms with Crippen LogP contribution in [0.3, 0.4) is 0 Å². The molecule has 1 aliphatic rings. The molecule has 2 aromatic heterocycles. The Morgan fingerprint density at radius 2 is 1.74 bits per heavy atom. The average molecular weight is 363 g/mol. The summed E-state index contributed by atoms with van der Waals surface area (Å²) in [5.41, 5.74) is 4.13. The first-order valence-electron chi connectivity index (χ1n) is 9.54. The number of benzene rings is 1. The van der Waals surface area contributed by atoms with Gasteiger partial charge in [0, 0.05) is 31.5 Å². The van der Waals surface area contributed by atoms with Gasteiger partial charge in [-0.2, -0.15) is 0 Å². The van der Waals surface area contributed by atoms with E-state index < -0.39 is 0 Å². The van der Waals surface area contributed by atoms with E-state index in [1.54, 1.807) is 7.05 Å². The summed E-state index contributed by atoms with van der Waals surface area (Å²) >= 11 is 0. The molecule has 0 aliphatic carbocycles. The number of piperidine rings is 1. The fourth-order valence-corrected chi connectivity index (χ4v) is 3.88. The molecule has 0 saturated carbocycles. The minimum absolute atomic E-state index is 0.222. The lowest BCUT2D eigenvalue weighted by molar-refractivity contribution is 0.0953. The molecule has 4 rings (SSSR count). The van der Waals surface area contributed by atoms with Crippen molar-refractivity contribution < 1.29 is 4.79 Å². The molecule has 0 atom stereocenters. The molecule has 1 aliphatic heterocycles. The van der Waals surface area contributed by atoms with E-state index in [1.165, 1.54) is 6.42 Å². The highest BCUT2D eigenvalue weighted by Crippen LogP contribution is 2.34. The smallest absolute Gasteiger partial charge is 0.288 e. The Morgan fingerprint density at radius 1 is 1.04 bits per heavy atom. The lowest BCUT2D eigenvalue weighted by Gasteiger charge is -2.28. The van der Waals surface area contributed by atoms with Crippen LogP contribution in [-0.2, 0) is 0 Å². The van der Waals surface area contributed by atoms with Crippen LogP contribution in [0.25, 0.3) is 16.7 Å². The van der Waals surface area contributed by atoms with Crippen LogP contribution in [0.5, 0.6) is 0 Å². The number of fused-ring (bicyclic) bond motifs is 1. The molecule has 1 N–H and O–H groups in total. The van der Waals surface area contributed by atoms with Crippen LogP contribution >= 0.6 is 0 Å². The minimum Gasteiger partial charge on any atom is -0.356 e. The van der Waals surface area contributed by atoms with E-state index in [1.807, 2.05) is 18.2 Å². The Balaban J connectivity index is 2.03. The topological polar surface area (TPSA) is 63.1 Å². The fourth-order valence-electron chi connectivity index (χ4n) is 3.88. The molecule has 6 heteroatoms. The maximum absolute atomic E-state index is 12.4. The van der Waals surface area contributed by atoms with Gasteiger partial charge in [-0.05, 0) is 50.8 Å². The van der Waals surface area contributed by atoms with Gasteiger partial charge in [-0.15, -0.1) is 0 Å². The number of aromatic nitrogens is 3. The molecule has 0 spiro atoms. The molecule has 1 aromatic carbocycles. The second-order valence-electron chi connectivity index (χ2n) is 7.08. The van der Waals surface area contributed by atoms with Crippen LogP contribution in [0.2, 0.25) is 0 Å². The van der Waals surface area contributed by atoms with E-state index in [4.69, 9.17) is 4.98 Å². The van der Waals surface area contributed by atoms with Crippen LogP contribution in [0.15, 0.2) is 30.3 Å². The predicted molar refractivity (Wildman–Crippen MR) is 108 cm³/mol. The van der Waals surface area contributed by atoms with Gasteiger partial charge in [0.1, 0.15) is 5.82 Å². The molecule has 1 saturated heterocycles. The van der Waals surface area contributed by atoms with Crippen molar-refractivity contribution in [2.24, 2.45) is 0 Å². The summed E-state index contributed by atoms with van der Waals surface area (Å²) in [7, 11) is 1.61. The summed E-state index contributed by atoms with van der Waals surface area (Å²) in [5, 5.41) is 3.71. The Kier molecular flexibility index (Phi) is 4.56. The molecule has 0 radical (unpaired) electrons. The Labute approximate surface area is 159 Å². The van der Waals surface area contributed by atoms with Crippen LogP contribution in [0.1, 0.15) is 41.1 Å². The third-order valence-electron chi connectivity index (χ3n) is 5.44. The summed E-state index contributed by atoms with van der Waals surface area (Å²) in [6.07, 6.45) is 3.55. The van der Waals surface area contributed by atoms with Gasteiger partial charge in [0.05, 0.1) is 5.39 Å². The van der Waals surface area contributed by atoms with Gasteiger partial charge in [0.15, 0.2) is 5.65 Å². The minimum atomic E-state index is -0.258. The number of carbonyl (C=O) groups excluding carboxylic acids is 1. The van der Waals surface area contributed by atoms with Gasteiger partial charge < -0.3 is 10.2 Å². The molecule has 140 valence electrons. The highest BCUT2D eigenvalue weighted by molar-refractivity contribution is 5.98. The SMILES string of the molecule is CNC(=O)c1nc(N2CCCCC2)c2c(C)c(C)n(-c3ccccc3)c2n1. The van der Waals surface area contributed by atoms with Gasteiger partial charge in [0.2, 0.25) is 5.82 Å². The molecular formula is C21H25N5O. The molecule has 27 heavy (non-hydrogen) atoms. The number of anilines is 1. The summed E-state index contributed by atoms with van der Waals surface area (Å²) in [6, 6.07) is 10.2. The van der Waals surface area contributed by atoms with Crippen molar-refractivity contribution in [1.82, 2.24) is 19.9 Å². The van der Waals surface area contributed by atoms with E-state index in [0.29, 0.717) is 0 Å². The van der Waals surface area contributed by atoms with E-state index >= 15 is 0 Å². The zero-order chi connectivity index (χ0) is 19.0. The van der Waals surface area contributed by atoms with Gasteiger partial charge >= 0.3 is 0 Å². The summed E-state index contributed by atoms with van der Waals surface area (Å²) in [4.78, 5) is 24.0. The predicted octanol–water partition coefficient (Wildman–Crippen LogP) is 3.39. The maximum Gasteiger partial charge on any atom is 0.288 e. The number of hydrogen-bond acceptors (Lipinski definition) is 4. The molecule has 6 nitrogen and oxygen atoms in total. The molecule has 1 fully saturated rings. The zero-order valence-electron chi connectivity index (χ0n) is 16.1. The normalized spacial score (nSPS) is 14.6. The Morgan fingerprint density at radius 3 is 2.41 bits per heavy atom. The number of nitrogens with zero attached hydrogens (tertiary/aromatic N) is 4. The number of hydrogen-bond donors (Lipinski definition) is 1. The summed E-state index contributed by atoms with van der Waals surface area (Å²) in [5.74, 6) is 0.847. The van der Waals surface area contributed by atoms with Crippen molar-refractivity contribution in [3.8, 4) is 5.69 Å².